The van der Waals surface area contributed by atoms with E-state index in [1.165, 1.54) is 167 Å². The molecule has 0 aromatic rings. The molecule has 0 saturated carbocycles. The van der Waals surface area contributed by atoms with Crippen molar-refractivity contribution in [1.29, 1.82) is 0 Å². The normalized spacial score (nSPS) is 14.5. The molecule has 0 aliphatic heterocycles. The van der Waals surface area contributed by atoms with Crippen LogP contribution in [0, 0.1) is 17.8 Å². The molecule has 0 saturated heterocycles. The summed E-state index contributed by atoms with van der Waals surface area (Å²) < 4.78 is 68.3. The summed E-state index contributed by atoms with van der Waals surface area (Å²) in [4.78, 5) is 72.5. The van der Waals surface area contributed by atoms with E-state index in [1.54, 1.807) is 0 Å². The van der Waals surface area contributed by atoms with Gasteiger partial charge in [-0.3, -0.25) is 37.3 Å². The Morgan fingerprint density at radius 1 is 0.319 bits per heavy atom. The quantitative estimate of drug-likeness (QED) is 0.0222. The van der Waals surface area contributed by atoms with Gasteiger partial charge in [-0.1, -0.05) is 312 Å². The fourth-order valence-electron chi connectivity index (χ4n) is 10.9. The van der Waals surface area contributed by atoms with Crippen molar-refractivity contribution in [3.63, 3.8) is 0 Å². The van der Waals surface area contributed by atoms with E-state index in [2.05, 4.69) is 48.5 Å². The zero-order valence-electron chi connectivity index (χ0n) is 59.3. The van der Waals surface area contributed by atoms with E-state index in [-0.39, 0.29) is 25.7 Å². The molecule has 3 unspecified atom stereocenters. The molecule has 0 aromatic carbocycles. The summed E-state index contributed by atoms with van der Waals surface area (Å²) in [5, 5.41) is 10.6. The Morgan fingerprint density at radius 3 is 0.835 bits per heavy atom. The average molecular weight is 1340 g/mol. The fraction of sp³-hybridized carbons (Fsp3) is 0.944. The van der Waals surface area contributed by atoms with Crippen LogP contribution >= 0.6 is 15.6 Å². The lowest BCUT2D eigenvalue weighted by Crippen LogP contribution is -2.30. The molecule has 6 atom stereocenters. The molecule has 540 valence electrons. The Morgan fingerprint density at radius 2 is 0.560 bits per heavy atom. The van der Waals surface area contributed by atoms with Crippen molar-refractivity contribution in [2.24, 2.45) is 17.8 Å². The minimum atomic E-state index is -4.95. The van der Waals surface area contributed by atoms with Crippen LogP contribution in [0.2, 0.25) is 0 Å². The van der Waals surface area contributed by atoms with Crippen molar-refractivity contribution >= 4 is 39.5 Å². The molecule has 0 aliphatic rings. The molecule has 3 N–H and O–H groups in total. The van der Waals surface area contributed by atoms with Gasteiger partial charge in [-0.2, -0.15) is 0 Å². The maximum atomic E-state index is 13.0. The van der Waals surface area contributed by atoms with E-state index in [0.717, 1.165) is 108 Å². The van der Waals surface area contributed by atoms with Crippen LogP contribution in [0.15, 0.2) is 0 Å². The van der Waals surface area contributed by atoms with Crippen LogP contribution in [0.1, 0.15) is 363 Å². The van der Waals surface area contributed by atoms with Crippen LogP contribution in [0.5, 0.6) is 0 Å². The van der Waals surface area contributed by atoms with Crippen molar-refractivity contribution in [1.82, 2.24) is 0 Å². The third-order valence-corrected chi connectivity index (χ3v) is 18.9. The summed E-state index contributed by atoms with van der Waals surface area (Å²) in [5.74, 6) is 0.117. The molecule has 0 heterocycles. The van der Waals surface area contributed by atoms with Gasteiger partial charge < -0.3 is 33.8 Å². The first kappa shape index (κ1) is 89.1. The highest BCUT2D eigenvalue weighted by Gasteiger charge is 2.30. The molecule has 0 fully saturated rings. The third-order valence-electron chi connectivity index (χ3n) is 17.0. The maximum absolute atomic E-state index is 13.0. The Labute approximate surface area is 556 Å². The summed E-state index contributed by atoms with van der Waals surface area (Å²) in [5.41, 5.74) is 0. The number of rotatable bonds is 70. The highest BCUT2D eigenvalue weighted by molar-refractivity contribution is 7.47. The molecule has 91 heavy (non-hydrogen) atoms. The lowest BCUT2D eigenvalue weighted by molar-refractivity contribution is -0.161. The third kappa shape index (κ3) is 65.1. The Balaban J connectivity index is 5.16. The van der Waals surface area contributed by atoms with Crippen LogP contribution in [0.25, 0.3) is 0 Å². The number of hydrogen-bond donors (Lipinski definition) is 3. The molecular formula is C72H140O17P2. The predicted molar refractivity (Wildman–Crippen MR) is 368 cm³/mol. The number of esters is 4. The van der Waals surface area contributed by atoms with Crippen LogP contribution in [-0.2, 0) is 65.4 Å². The first-order chi connectivity index (χ1) is 43.8. The van der Waals surface area contributed by atoms with Crippen molar-refractivity contribution in [2.45, 2.75) is 381 Å². The van der Waals surface area contributed by atoms with Crippen LogP contribution in [-0.4, -0.2) is 96.7 Å². The zero-order valence-corrected chi connectivity index (χ0v) is 61.1. The lowest BCUT2D eigenvalue weighted by Gasteiger charge is -2.21. The second-order valence-electron chi connectivity index (χ2n) is 27.2. The number of aliphatic hydroxyl groups is 1. The van der Waals surface area contributed by atoms with E-state index in [0.29, 0.717) is 31.6 Å². The van der Waals surface area contributed by atoms with E-state index in [4.69, 9.17) is 37.0 Å². The number of hydrogen-bond acceptors (Lipinski definition) is 15. The number of phosphoric ester groups is 2. The van der Waals surface area contributed by atoms with E-state index in [1.807, 2.05) is 0 Å². The first-order valence-corrected chi connectivity index (χ1v) is 40.4. The van der Waals surface area contributed by atoms with Crippen molar-refractivity contribution in [2.75, 3.05) is 39.6 Å². The molecule has 0 spiro atoms. The van der Waals surface area contributed by atoms with Gasteiger partial charge in [0.25, 0.3) is 0 Å². The molecule has 0 radical (unpaired) electrons. The molecule has 19 heteroatoms. The minimum absolute atomic E-state index is 0.103. The van der Waals surface area contributed by atoms with Gasteiger partial charge in [-0.05, 0) is 43.4 Å². The number of ether oxygens (including phenoxy) is 4. The summed E-state index contributed by atoms with van der Waals surface area (Å²) in [6.45, 7) is 11.8. The van der Waals surface area contributed by atoms with Crippen LogP contribution < -0.4 is 0 Å². The minimum Gasteiger partial charge on any atom is -0.462 e. The molecular weight excluding hydrogens is 1200 g/mol. The lowest BCUT2D eigenvalue weighted by atomic mass is 10.00. The summed E-state index contributed by atoms with van der Waals surface area (Å²) in [6, 6.07) is 0. The SMILES string of the molecule is CCCCCCCCCCCCC(=O)OC[C@H](COP(=O)(O)OC[C@H](O)COP(=O)(O)OC[C@@H](COC(=O)CCCCCCCCCC(C)C)OC(=O)CCCCCCCCCCCCCCCCCCCCC(C)C)OC(=O)CCCCCCCCC(C)CC. The van der Waals surface area contributed by atoms with Gasteiger partial charge in [0, 0.05) is 25.7 Å². The predicted octanol–water partition coefficient (Wildman–Crippen LogP) is 20.6. The molecule has 0 bridgehead atoms. The van der Waals surface area contributed by atoms with Gasteiger partial charge >= 0.3 is 39.5 Å². The Hall–Kier alpha value is -1.94. The molecule has 17 nitrogen and oxygen atoms in total. The Kier molecular flexibility index (Phi) is 61.5. The van der Waals surface area contributed by atoms with E-state index in [9.17, 15) is 43.2 Å². The molecule has 0 rings (SSSR count). The molecule has 0 amide bonds. The zero-order chi connectivity index (χ0) is 67.3. The van der Waals surface area contributed by atoms with Crippen molar-refractivity contribution in [3.8, 4) is 0 Å². The first-order valence-electron chi connectivity index (χ1n) is 37.4. The topological polar surface area (TPSA) is 237 Å². The number of carbonyl (C=O) groups is 4. The number of phosphoric acid groups is 2. The van der Waals surface area contributed by atoms with Crippen molar-refractivity contribution in [3.05, 3.63) is 0 Å². The highest BCUT2D eigenvalue weighted by Crippen LogP contribution is 2.45. The van der Waals surface area contributed by atoms with Gasteiger partial charge in [0.05, 0.1) is 26.4 Å². The second-order valence-corrected chi connectivity index (χ2v) is 30.1. The highest BCUT2D eigenvalue weighted by atomic mass is 31.2. The second kappa shape index (κ2) is 62.8. The fourth-order valence-corrected chi connectivity index (χ4v) is 12.4. The number of carbonyl (C=O) groups excluding carboxylic acids is 4. The van der Waals surface area contributed by atoms with Gasteiger partial charge in [0.2, 0.25) is 0 Å². The van der Waals surface area contributed by atoms with Gasteiger partial charge in [0.1, 0.15) is 19.3 Å². The smallest absolute Gasteiger partial charge is 0.462 e. The summed E-state index contributed by atoms with van der Waals surface area (Å²) in [6.07, 6.45) is 47.4. The van der Waals surface area contributed by atoms with E-state index >= 15 is 0 Å². The molecule has 0 aromatic heterocycles. The van der Waals surface area contributed by atoms with Gasteiger partial charge in [0.15, 0.2) is 12.2 Å². The van der Waals surface area contributed by atoms with E-state index < -0.39 is 97.5 Å². The van der Waals surface area contributed by atoms with Crippen LogP contribution in [0.3, 0.4) is 0 Å². The Bertz CT molecular complexity index is 1790. The largest absolute Gasteiger partial charge is 0.472 e. The standard InChI is InChI=1S/C72H140O17P2/c1-8-10-11-12-13-14-26-31-39-46-53-69(74)82-60-68(89-72(77)56-49-42-35-34-38-45-52-65(7)9-2)62-87-91(80,81)85-58-66(73)57-84-90(78,79)86-61-67(59-83-70(75)54-47-40-33-28-30-37-44-51-64(5)6)88-71(76)55-48-41-32-27-24-22-20-18-16-15-17-19-21-23-25-29-36-43-50-63(3)4/h63-68,73H,8-62H2,1-7H3,(H,78,79)(H,80,81)/t65?,66-,67-,68-/m1/s1. The summed E-state index contributed by atoms with van der Waals surface area (Å²) >= 11 is 0. The van der Waals surface area contributed by atoms with Gasteiger partial charge in [-0.25, -0.2) is 9.13 Å². The average Bonchev–Trinajstić information content (AvgIpc) is 3.36. The molecule has 0 aliphatic carbocycles. The van der Waals surface area contributed by atoms with Crippen LogP contribution in [0.4, 0.5) is 0 Å². The summed E-state index contributed by atoms with van der Waals surface area (Å²) in [7, 11) is -9.90. The van der Waals surface area contributed by atoms with Crippen molar-refractivity contribution < 1.29 is 80.2 Å². The maximum Gasteiger partial charge on any atom is 0.472 e. The number of aliphatic hydroxyl groups excluding tert-OH is 1. The monoisotopic (exact) mass is 1340 g/mol. The number of unbranched alkanes of at least 4 members (excludes halogenated alkanes) is 37. The van der Waals surface area contributed by atoms with Gasteiger partial charge in [-0.15, -0.1) is 0 Å².